The molecule has 0 amide bonds. The molecule has 0 saturated heterocycles. The Morgan fingerprint density at radius 2 is 1.46 bits per heavy atom. The maximum Gasteiger partial charge on any atom is 0.421 e. The summed E-state index contributed by atoms with van der Waals surface area (Å²) in [5.41, 5.74) is 0.422. The van der Waals surface area contributed by atoms with Crippen LogP contribution in [0.1, 0.15) is 32.6 Å². The molecular formula is C21H21F5O2. The SMILES string of the molecule is CC1CCC(OCC(F)(F)Oc2ccc(-c3cc(F)c(F)c(F)c3)cc2)CC1. The van der Waals surface area contributed by atoms with Gasteiger partial charge in [-0.2, -0.15) is 8.78 Å². The standard InChI is InChI=1S/C21H21F5O2/c1-13-2-6-16(7-3-13)27-12-21(25,26)28-17-8-4-14(5-9-17)15-10-18(22)20(24)19(23)11-15/h4-5,8-11,13,16H,2-3,6-7,12H2,1H3. The third-order valence-electron chi connectivity index (χ3n) is 4.89. The van der Waals surface area contributed by atoms with Crippen LogP contribution in [0.5, 0.6) is 5.75 Å². The van der Waals surface area contributed by atoms with E-state index in [1.54, 1.807) is 0 Å². The van der Waals surface area contributed by atoms with E-state index in [9.17, 15) is 22.0 Å². The van der Waals surface area contributed by atoms with Crippen molar-refractivity contribution >= 4 is 0 Å². The lowest BCUT2D eigenvalue weighted by molar-refractivity contribution is -0.222. The highest BCUT2D eigenvalue weighted by molar-refractivity contribution is 5.64. The molecule has 1 aliphatic carbocycles. The van der Waals surface area contributed by atoms with Gasteiger partial charge in [-0.05, 0) is 67.0 Å². The second-order valence-corrected chi connectivity index (χ2v) is 7.21. The number of benzene rings is 2. The van der Waals surface area contributed by atoms with Gasteiger partial charge in [-0.15, -0.1) is 0 Å². The van der Waals surface area contributed by atoms with Gasteiger partial charge in [0.1, 0.15) is 5.75 Å². The fourth-order valence-corrected chi connectivity index (χ4v) is 3.25. The third-order valence-corrected chi connectivity index (χ3v) is 4.89. The molecule has 0 spiro atoms. The van der Waals surface area contributed by atoms with E-state index in [1.165, 1.54) is 24.3 Å². The van der Waals surface area contributed by atoms with E-state index in [0.29, 0.717) is 11.5 Å². The van der Waals surface area contributed by atoms with Crippen molar-refractivity contribution in [2.45, 2.75) is 44.8 Å². The molecule has 2 aromatic rings. The summed E-state index contributed by atoms with van der Waals surface area (Å²) >= 11 is 0. The summed E-state index contributed by atoms with van der Waals surface area (Å²) in [7, 11) is 0. The molecular weight excluding hydrogens is 379 g/mol. The second kappa shape index (κ2) is 8.47. The molecule has 3 rings (SSSR count). The smallest absolute Gasteiger partial charge is 0.421 e. The molecule has 1 fully saturated rings. The van der Waals surface area contributed by atoms with E-state index in [0.717, 1.165) is 37.8 Å². The minimum Gasteiger partial charge on any atom is -0.431 e. The summed E-state index contributed by atoms with van der Waals surface area (Å²) in [4.78, 5) is 0. The quantitative estimate of drug-likeness (QED) is 0.416. The van der Waals surface area contributed by atoms with Crippen molar-refractivity contribution in [3.63, 3.8) is 0 Å². The van der Waals surface area contributed by atoms with Gasteiger partial charge in [0.15, 0.2) is 24.1 Å². The van der Waals surface area contributed by atoms with Crippen LogP contribution in [0.2, 0.25) is 0 Å². The summed E-state index contributed by atoms with van der Waals surface area (Å²) in [5.74, 6) is -3.72. The molecule has 2 nitrogen and oxygen atoms in total. The number of rotatable bonds is 6. The summed E-state index contributed by atoms with van der Waals surface area (Å²) in [6.45, 7) is 1.29. The first-order chi connectivity index (χ1) is 13.2. The topological polar surface area (TPSA) is 18.5 Å². The van der Waals surface area contributed by atoms with Crippen LogP contribution in [0, 0.1) is 23.4 Å². The van der Waals surface area contributed by atoms with Gasteiger partial charge in [-0.3, -0.25) is 0 Å². The van der Waals surface area contributed by atoms with Gasteiger partial charge in [0, 0.05) is 0 Å². The van der Waals surface area contributed by atoms with Crippen LogP contribution in [0.3, 0.4) is 0 Å². The van der Waals surface area contributed by atoms with Crippen LogP contribution < -0.4 is 4.74 Å². The van der Waals surface area contributed by atoms with Crippen molar-refractivity contribution in [3.8, 4) is 16.9 Å². The van der Waals surface area contributed by atoms with E-state index in [-0.39, 0.29) is 17.4 Å². The van der Waals surface area contributed by atoms with Crippen LogP contribution in [-0.2, 0) is 4.74 Å². The number of ether oxygens (including phenoxy) is 2. The predicted octanol–water partition coefficient (Wildman–Crippen LogP) is 6.34. The molecule has 0 aliphatic heterocycles. The number of halogens is 5. The van der Waals surface area contributed by atoms with E-state index < -0.39 is 30.2 Å². The Labute approximate surface area is 160 Å². The lowest BCUT2D eigenvalue weighted by Gasteiger charge is -2.28. The van der Waals surface area contributed by atoms with E-state index in [1.807, 2.05) is 0 Å². The minimum atomic E-state index is -3.50. The Morgan fingerprint density at radius 1 is 0.893 bits per heavy atom. The van der Waals surface area contributed by atoms with Crippen LogP contribution in [0.25, 0.3) is 11.1 Å². The molecule has 7 heteroatoms. The Morgan fingerprint density at radius 3 is 2.04 bits per heavy atom. The summed E-state index contributed by atoms with van der Waals surface area (Å²) in [6.07, 6.45) is -0.241. The van der Waals surface area contributed by atoms with Crippen LogP contribution in [0.15, 0.2) is 36.4 Å². The fraction of sp³-hybridized carbons (Fsp3) is 0.429. The normalized spacial score (nSPS) is 20.2. The zero-order valence-electron chi connectivity index (χ0n) is 15.4. The van der Waals surface area contributed by atoms with Crippen LogP contribution in [-0.4, -0.2) is 18.8 Å². The average molecular weight is 400 g/mol. The molecule has 28 heavy (non-hydrogen) atoms. The van der Waals surface area contributed by atoms with Gasteiger partial charge in [-0.25, -0.2) is 13.2 Å². The van der Waals surface area contributed by atoms with E-state index >= 15 is 0 Å². The number of hydrogen-bond donors (Lipinski definition) is 0. The molecule has 0 aromatic heterocycles. The van der Waals surface area contributed by atoms with Gasteiger partial charge in [0.2, 0.25) is 0 Å². The van der Waals surface area contributed by atoms with Crippen molar-refractivity contribution in [1.29, 1.82) is 0 Å². The molecule has 152 valence electrons. The van der Waals surface area contributed by atoms with Crippen LogP contribution >= 0.6 is 0 Å². The minimum absolute atomic E-state index is 0.0876. The van der Waals surface area contributed by atoms with Crippen molar-refractivity contribution in [2.24, 2.45) is 5.92 Å². The van der Waals surface area contributed by atoms with Crippen LogP contribution in [0.4, 0.5) is 22.0 Å². The first-order valence-electron chi connectivity index (χ1n) is 9.17. The zero-order valence-corrected chi connectivity index (χ0v) is 15.4. The van der Waals surface area contributed by atoms with Gasteiger partial charge >= 0.3 is 6.11 Å². The molecule has 2 aromatic carbocycles. The highest BCUT2D eigenvalue weighted by atomic mass is 19.3. The number of hydrogen-bond acceptors (Lipinski definition) is 2. The monoisotopic (exact) mass is 400 g/mol. The molecule has 0 N–H and O–H groups in total. The Hall–Kier alpha value is -2.15. The second-order valence-electron chi connectivity index (χ2n) is 7.21. The molecule has 0 heterocycles. The molecule has 0 atom stereocenters. The fourth-order valence-electron chi connectivity index (χ4n) is 3.25. The molecule has 0 unspecified atom stereocenters. The Bertz CT molecular complexity index is 776. The lowest BCUT2D eigenvalue weighted by atomic mass is 9.89. The van der Waals surface area contributed by atoms with E-state index in [4.69, 9.17) is 9.47 Å². The zero-order chi connectivity index (χ0) is 20.3. The summed E-state index contributed by atoms with van der Waals surface area (Å²) in [6, 6.07) is 6.90. The van der Waals surface area contributed by atoms with Crippen molar-refractivity contribution in [1.82, 2.24) is 0 Å². The largest absolute Gasteiger partial charge is 0.431 e. The first kappa shape index (κ1) is 20.6. The molecule has 1 aliphatic rings. The average Bonchev–Trinajstić information content (AvgIpc) is 2.65. The predicted molar refractivity (Wildman–Crippen MR) is 94.7 cm³/mol. The van der Waals surface area contributed by atoms with Gasteiger partial charge in [0.05, 0.1) is 6.10 Å². The van der Waals surface area contributed by atoms with Crippen molar-refractivity contribution in [2.75, 3.05) is 6.61 Å². The van der Waals surface area contributed by atoms with Gasteiger partial charge < -0.3 is 9.47 Å². The lowest BCUT2D eigenvalue weighted by Crippen LogP contribution is -2.34. The maximum atomic E-state index is 14.0. The molecule has 0 radical (unpaired) electrons. The van der Waals surface area contributed by atoms with Crippen molar-refractivity contribution in [3.05, 3.63) is 53.8 Å². The highest BCUT2D eigenvalue weighted by Gasteiger charge is 2.34. The Balaban J connectivity index is 1.60. The van der Waals surface area contributed by atoms with Gasteiger partial charge in [-0.1, -0.05) is 19.1 Å². The number of alkyl halides is 2. The maximum absolute atomic E-state index is 14.0. The summed E-state index contributed by atoms with van der Waals surface area (Å²) in [5, 5.41) is 0. The third kappa shape index (κ3) is 5.22. The Kier molecular flexibility index (Phi) is 6.23. The van der Waals surface area contributed by atoms with Crippen molar-refractivity contribution < 1.29 is 31.4 Å². The summed E-state index contributed by atoms with van der Waals surface area (Å²) < 4.78 is 77.8. The molecule has 0 bridgehead atoms. The molecule has 1 saturated carbocycles. The first-order valence-corrected chi connectivity index (χ1v) is 9.17. The van der Waals surface area contributed by atoms with Gasteiger partial charge in [0.25, 0.3) is 0 Å². The highest BCUT2D eigenvalue weighted by Crippen LogP contribution is 2.30. The van der Waals surface area contributed by atoms with E-state index in [2.05, 4.69) is 6.92 Å².